The lowest BCUT2D eigenvalue weighted by atomic mass is 9.50. The number of methoxy groups -OCH3 is 1. The summed E-state index contributed by atoms with van der Waals surface area (Å²) in [6.45, 7) is 6.34. The lowest BCUT2D eigenvalue weighted by molar-refractivity contribution is -0.139. The molecule has 47 heavy (non-hydrogen) atoms. The molecule has 0 aromatic heterocycles. The van der Waals surface area contributed by atoms with Gasteiger partial charge in [0.2, 0.25) is 5.91 Å². The zero-order valence-corrected chi connectivity index (χ0v) is 27.2. The molecule has 0 radical (unpaired) electrons. The van der Waals surface area contributed by atoms with Crippen LogP contribution < -0.4 is 4.74 Å². The molecule has 7 nitrogen and oxygen atoms in total. The highest BCUT2D eigenvalue weighted by atomic mass is 19.4. The van der Waals surface area contributed by atoms with Gasteiger partial charge in [0.25, 0.3) is 0 Å². The van der Waals surface area contributed by atoms with E-state index in [9.17, 15) is 27.9 Å². The average molecular weight is 653 g/mol. The van der Waals surface area contributed by atoms with E-state index in [1.807, 2.05) is 24.8 Å². The summed E-state index contributed by atoms with van der Waals surface area (Å²) in [5, 5.41) is 11.5. The number of ether oxygens (including phenoxy) is 2. The quantitative estimate of drug-likeness (QED) is 0.241. The normalized spacial score (nSPS) is 28.0. The van der Waals surface area contributed by atoms with Gasteiger partial charge < -0.3 is 19.5 Å². The maximum atomic E-state index is 14.0. The molecule has 7 rings (SSSR count). The standard InChI is InChI=1S/C37H43F3N2O5/c1-21(2)18-42(31(44)12-9-22-5-4-6-25(15-22)37(38,39)40)28-11-10-27-29-17-24-16-26(30(43)20-46-3)33(45)34-32(24)36(27,35(28)47-34)13-14-41(29)19-23-7-8-23/h4-6,9,12,15-16,21,23,27-29,35,45H,7-8,10-11,13-14,17-20H2,1-3H3/t27-,28?,29+,35?,36-/m0/s1. The number of phenolic OH excluding ortho intramolecular Hbond substituents is 1. The second kappa shape index (κ2) is 11.9. The SMILES string of the molecule is COCC(=O)c1cc2c3c(c1O)OC1C(N(CC(C)C)C(=O)C=Cc4cccc(C(F)(F)F)c4)CC[C@H]4[C@@H](C2)N(CC2CC2)CC[C@]314. The van der Waals surface area contributed by atoms with E-state index in [0.717, 1.165) is 61.5 Å². The molecule has 5 aliphatic rings. The summed E-state index contributed by atoms with van der Waals surface area (Å²) < 4.78 is 52.0. The van der Waals surface area contributed by atoms with Crippen LogP contribution in [0.25, 0.3) is 6.08 Å². The minimum absolute atomic E-state index is 0.127. The number of likely N-dealkylation sites (tertiary alicyclic amines) is 1. The Morgan fingerprint density at radius 2 is 1.98 bits per heavy atom. The van der Waals surface area contributed by atoms with E-state index < -0.39 is 23.3 Å². The van der Waals surface area contributed by atoms with E-state index in [-0.39, 0.29) is 53.5 Å². The molecule has 1 N–H and O–H groups in total. The van der Waals surface area contributed by atoms with Crippen LogP contribution in [0.15, 0.2) is 36.4 Å². The zero-order valence-electron chi connectivity index (χ0n) is 27.2. The first kappa shape index (κ1) is 32.2. The molecule has 1 spiro atoms. The molecule has 252 valence electrons. The van der Waals surface area contributed by atoms with Crippen molar-refractivity contribution in [1.82, 2.24) is 9.80 Å². The molecule has 2 aromatic carbocycles. The number of aromatic hydroxyl groups is 1. The molecular formula is C37H43F3N2O5. The van der Waals surface area contributed by atoms with Crippen LogP contribution in [0.4, 0.5) is 13.2 Å². The number of nitrogens with zero attached hydrogens (tertiary/aromatic N) is 2. The molecule has 1 saturated heterocycles. The van der Waals surface area contributed by atoms with Crippen LogP contribution in [0.3, 0.4) is 0 Å². The van der Waals surface area contributed by atoms with Crippen molar-refractivity contribution in [2.75, 3.05) is 33.4 Å². The Labute approximate surface area is 273 Å². The Hall–Kier alpha value is -3.37. The molecule has 2 aliphatic heterocycles. The van der Waals surface area contributed by atoms with Crippen molar-refractivity contribution < 1.29 is 37.3 Å². The van der Waals surface area contributed by atoms with Gasteiger partial charge in [0.05, 0.1) is 17.2 Å². The summed E-state index contributed by atoms with van der Waals surface area (Å²) in [5.74, 6) is 0.758. The third-order valence-corrected chi connectivity index (χ3v) is 11.2. The number of alkyl halides is 3. The van der Waals surface area contributed by atoms with Crippen LogP contribution in [-0.4, -0.2) is 78.1 Å². The van der Waals surface area contributed by atoms with Crippen molar-refractivity contribution in [3.05, 3.63) is 64.2 Å². The summed E-state index contributed by atoms with van der Waals surface area (Å²) in [4.78, 5) is 31.6. The number of Topliss-reactive ketones (excluding diaryl/α,β-unsaturated/α-hetero) is 1. The predicted octanol–water partition coefficient (Wildman–Crippen LogP) is 6.26. The smallest absolute Gasteiger partial charge is 0.416 e. The molecule has 2 bridgehead atoms. The van der Waals surface area contributed by atoms with Crippen LogP contribution >= 0.6 is 0 Å². The predicted molar refractivity (Wildman–Crippen MR) is 170 cm³/mol. The third-order valence-electron chi connectivity index (χ3n) is 11.2. The Morgan fingerprint density at radius 1 is 1.19 bits per heavy atom. The number of ketones is 1. The number of phenols is 1. The number of hydrogen-bond acceptors (Lipinski definition) is 6. The van der Waals surface area contributed by atoms with E-state index in [0.29, 0.717) is 24.3 Å². The van der Waals surface area contributed by atoms with Gasteiger partial charge in [-0.25, -0.2) is 0 Å². The lowest BCUT2D eigenvalue weighted by Gasteiger charge is -2.60. The number of piperidine rings is 1. The second-order valence-electron chi connectivity index (χ2n) is 14.6. The Bertz CT molecular complexity index is 1600. The van der Waals surface area contributed by atoms with Crippen LogP contribution in [0.5, 0.6) is 11.5 Å². The minimum atomic E-state index is -4.48. The van der Waals surface area contributed by atoms with Crippen molar-refractivity contribution >= 4 is 17.8 Å². The maximum absolute atomic E-state index is 14.0. The second-order valence-corrected chi connectivity index (χ2v) is 14.6. The van der Waals surface area contributed by atoms with Crippen LogP contribution in [-0.2, 0) is 27.5 Å². The van der Waals surface area contributed by atoms with Crippen molar-refractivity contribution in [2.45, 2.75) is 82.2 Å². The largest absolute Gasteiger partial charge is 0.504 e. The molecule has 5 atom stereocenters. The number of carbonyl (C=O) groups excluding carboxylic acids is 2. The van der Waals surface area contributed by atoms with Crippen molar-refractivity contribution in [3.63, 3.8) is 0 Å². The number of benzene rings is 2. The highest BCUT2D eigenvalue weighted by Crippen LogP contribution is 2.65. The van der Waals surface area contributed by atoms with Crippen LogP contribution in [0, 0.1) is 17.8 Å². The molecule has 1 amide bonds. The zero-order chi connectivity index (χ0) is 33.2. The first-order valence-corrected chi connectivity index (χ1v) is 16.9. The lowest BCUT2D eigenvalue weighted by Crippen LogP contribution is -2.69. The average Bonchev–Trinajstić information content (AvgIpc) is 3.78. The number of carbonyl (C=O) groups is 2. The van der Waals surface area contributed by atoms with Crippen LogP contribution in [0.2, 0.25) is 0 Å². The topological polar surface area (TPSA) is 79.3 Å². The number of hydrogen-bond donors (Lipinski definition) is 1. The Morgan fingerprint density at radius 3 is 2.68 bits per heavy atom. The van der Waals surface area contributed by atoms with Gasteiger partial charge in [-0.1, -0.05) is 26.0 Å². The van der Waals surface area contributed by atoms with Crippen molar-refractivity contribution in [3.8, 4) is 11.5 Å². The molecule has 2 saturated carbocycles. The van der Waals surface area contributed by atoms with Gasteiger partial charge in [0, 0.05) is 43.3 Å². The van der Waals surface area contributed by atoms with Crippen LogP contribution in [0.1, 0.15) is 78.6 Å². The summed E-state index contributed by atoms with van der Waals surface area (Å²) in [7, 11) is 1.45. The van der Waals surface area contributed by atoms with Gasteiger partial charge in [-0.05, 0) is 98.2 Å². The highest BCUT2D eigenvalue weighted by Gasteiger charge is 2.67. The van der Waals surface area contributed by atoms with Crippen molar-refractivity contribution in [1.29, 1.82) is 0 Å². The van der Waals surface area contributed by atoms with E-state index in [1.54, 1.807) is 6.07 Å². The molecule has 2 heterocycles. The van der Waals surface area contributed by atoms with E-state index in [4.69, 9.17) is 9.47 Å². The minimum Gasteiger partial charge on any atom is -0.504 e. The molecule has 3 aliphatic carbocycles. The number of rotatable bonds is 10. The Balaban J connectivity index is 1.27. The van der Waals surface area contributed by atoms with E-state index >= 15 is 0 Å². The fraction of sp³-hybridized carbons (Fsp3) is 0.568. The summed E-state index contributed by atoms with van der Waals surface area (Å²) in [5.41, 5.74) is 1.36. The molecule has 2 aromatic rings. The van der Waals surface area contributed by atoms with Gasteiger partial charge in [-0.3, -0.25) is 14.5 Å². The number of halogens is 3. The van der Waals surface area contributed by atoms with E-state index in [2.05, 4.69) is 4.90 Å². The maximum Gasteiger partial charge on any atom is 0.416 e. The highest BCUT2D eigenvalue weighted by molar-refractivity contribution is 6.01. The molecular weight excluding hydrogens is 609 g/mol. The van der Waals surface area contributed by atoms with E-state index in [1.165, 1.54) is 38.2 Å². The monoisotopic (exact) mass is 652 g/mol. The van der Waals surface area contributed by atoms with Crippen molar-refractivity contribution in [2.24, 2.45) is 17.8 Å². The summed E-state index contributed by atoms with van der Waals surface area (Å²) in [6.07, 6.45) is 3.65. The molecule has 10 heteroatoms. The fourth-order valence-corrected chi connectivity index (χ4v) is 9.14. The molecule has 3 fully saturated rings. The van der Waals surface area contributed by atoms with Gasteiger partial charge in [0.1, 0.15) is 12.7 Å². The summed E-state index contributed by atoms with van der Waals surface area (Å²) in [6, 6.07) is 6.76. The van der Waals surface area contributed by atoms with Gasteiger partial charge in [-0.2, -0.15) is 13.2 Å². The first-order chi connectivity index (χ1) is 22.4. The first-order valence-electron chi connectivity index (χ1n) is 16.9. The van der Waals surface area contributed by atoms with Gasteiger partial charge in [-0.15, -0.1) is 0 Å². The van der Waals surface area contributed by atoms with Gasteiger partial charge >= 0.3 is 6.18 Å². The third kappa shape index (κ3) is 5.55. The summed E-state index contributed by atoms with van der Waals surface area (Å²) >= 11 is 0. The molecule has 2 unspecified atom stereocenters. The fourth-order valence-electron chi connectivity index (χ4n) is 9.14. The van der Waals surface area contributed by atoms with Gasteiger partial charge in [0.15, 0.2) is 17.3 Å². The number of amides is 1. The Kier molecular flexibility index (Phi) is 8.18.